The summed E-state index contributed by atoms with van der Waals surface area (Å²) in [7, 11) is 0. The van der Waals surface area contributed by atoms with E-state index in [0.29, 0.717) is 27.8 Å². The second-order valence-corrected chi connectivity index (χ2v) is 9.95. The van der Waals surface area contributed by atoms with Gasteiger partial charge in [-0.05, 0) is 70.1 Å². The van der Waals surface area contributed by atoms with Crippen molar-refractivity contribution in [2.45, 2.75) is 0 Å². The average Bonchev–Trinajstić information content (AvgIpc) is 3.53. The van der Waals surface area contributed by atoms with Gasteiger partial charge in [0.2, 0.25) is 0 Å². The molecule has 0 aliphatic rings. The van der Waals surface area contributed by atoms with Crippen molar-refractivity contribution in [2.75, 3.05) is 5.32 Å². The molecule has 2 aromatic carbocycles. The van der Waals surface area contributed by atoms with Gasteiger partial charge in [0.05, 0.1) is 15.3 Å². The molecule has 1 amide bonds. The molecule has 0 aliphatic carbocycles. The molecule has 0 spiro atoms. The summed E-state index contributed by atoms with van der Waals surface area (Å²) in [5.74, 6) is 0.684. The van der Waals surface area contributed by atoms with Gasteiger partial charge in [-0.2, -0.15) is 5.26 Å². The molecular formula is C25H14ClIN6OS. The van der Waals surface area contributed by atoms with Crippen molar-refractivity contribution in [3.8, 4) is 38.3 Å². The first-order chi connectivity index (χ1) is 17.0. The van der Waals surface area contributed by atoms with E-state index >= 15 is 0 Å². The number of hydrogen-bond donors (Lipinski definition) is 2. The molecule has 0 bridgehead atoms. The van der Waals surface area contributed by atoms with Crippen LogP contribution in [-0.2, 0) is 0 Å². The number of aromatic nitrogens is 4. The number of hydrogen-bond acceptors (Lipinski definition) is 6. The van der Waals surface area contributed by atoms with E-state index in [2.05, 4.69) is 54.1 Å². The largest absolute Gasteiger partial charge is 0.327 e. The third kappa shape index (κ3) is 4.68. The molecule has 0 radical (unpaired) electrons. The summed E-state index contributed by atoms with van der Waals surface area (Å²) in [6, 6.07) is 20.4. The first-order valence-corrected chi connectivity index (χ1v) is 12.5. The highest BCUT2D eigenvalue weighted by atomic mass is 127. The Labute approximate surface area is 223 Å². The second kappa shape index (κ2) is 9.95. The molecule has 2 N–H and O–H groups in total. The molecule has 0 atom stereocenters. The van der Waals surface area contributed by atoms with Crippen LogP contribution in [0.2, 0.25) is 5.02 Å². The van der Waals surface area contributed by atoms with Gasteiger partial charge in [-0.3, -0.25) is 4.79 Å². The Bertz CT molecular complexity index is 1580. The topological polar surface area (TPSA) is 107 Å². The lowest BCUT2D eigenvalue weighted by Gasteiger charge is -2.08. The van der Waals surface area contributed by atoms with Crippen LogP contribution in [-0.4, -0.2) is 26.1 Å². The van der Waals surface area contributed by atoms with Gasteiger partial charge < -0.3 is 10.3 Å². The zero-order chi connectivity index (χ0) is 24.4. The minimum absolute atomic E-state index is 0.263. The van der Waals surface area contributed by atoms with E-state index in [1.807, 2.05) is 24.3 Å². The van der Waals surface area contributed by atoms with Crippen LogP contribution in [0.15, 0.2) is 73.2 Å². The lowest BCUT2D eigenvalue weighted by Crippen LogP contribution is -2.12. The van der Waals surface area contributed by atoms with Gasteiger partial charge in [-0.15, -0.1) is 21.5 Å². The van der Waals surface area contributed by atoms with E-state index in [4.69, 9.17) is 11.6 Å². The van der Waals surface area contributed by atoms with E-state index in [9.17, 15) is 10.1 Å². The SMILES string of the molecule is N#Cc1c(-c2ccnc(NC(=O)c3ccccc3)c2)sc(-c2nnc[nH]2)c1-c1ccc(Cl)cc1I. The van der Waals surface area contributed by atoms with Gasteiger partial charge in [0.15, 0.2) is 5.82 Å². The van der Waals surface area contributed by atoms with E-state index in [1.54, 1.807) is 42.6 Å². The number of rotatable bonds is 5. The van der Waals surface area contributed by atoms with Crippen molar-refractivity contribution < 1.29 is 4.79 Å². The van der Waals surface area contributed by atoms with Crippen molar-refractivity contribution in [1.82, 2.24) is 20.2 Å². The first-order valence-electron chi connectivity index (χ1n) is 10.3. The fourth-order valence-electron chi connectivity index (χ4n) is 3.59. The number of halogens is 2. The van der Waals surface area contributed by atoms with Crippen LogP contribution in [0.25, 0.3) is 32.3 Å². The van der Waals surface area contributed by atoms with Crippen LogP contribution in [0.3, 0.4) is 0 Å². The molecule has 35 heavy (non-hydrogen) atoms. The summed E-state index contributed by atoms with van der Waals surface area (Å²) >= 11 is 9.82. The summed E-state index contributed by atoms with van der Waals surface area (Å²) in [4.78, 5) is 21.5. The summed E-state index contributed by atoms with van der Waals surface area (Å²) in [5.41, 5.74) is 3.39. The van der Waals surface area contributed by atoms with Crippen molar-refractivity contribution in [2.24, 2.45) is 0 Å². The van der Waals surface area contributed by atoms with Gasteiger partial charge >= 0.3 is 0 Å². The number of nitrogens with one attached hydrogen (secondary N) is 2. The third-order valence-corrected chi connectivity index (χ3v) is 7.53. The number of benzene rings is 2. The number of anilines is 1. The molecule has 7 nitrogen and oxygen atoms in total. The predicted octanol–water partition coefficient (Wildman–Crippen LogP) is 6.64. The Morgan fingerprint density at radius 2 is 1.94 bits per heavy atom. The molecule has 0 fully saturated rings. The third-order valence-electron chi connectivity index (χ3n) is 5.15. The Balaban J connectivity index is 1.63. The average molecular weight is 609 g/mol. The highest BCUT2D eigenvalue weighted by Gasteiger charge is 2.25. The van der Waals surface area contributed by atoms with Crippen molar-refractivity contribution >= 4 is 57.3 Å². The normalized spacial score (nSPS) is 10.7. The van der Waals surface area contributed by atoms with E-state index in [1.165, 1.54) is 17.7 Å². The van der Waals surface area contributed by atoms with Crippen LogP contribution >= 0.6 is 45.5 Å². The first kappa shape index (κ1) is 23.2. The maximum atomic E-state index is 12.6. The molecule has 5 aromatic rings. The van der Waals surface area contributed by atoms with E-state index in [0.717, 1.165) is 30.0 Å². The summed E-state index contributed by atoms with van der Waals surface area (Å²) in [5, 5.41) is 21.8. The highest BCUT2D eigenvalue weighted by molar-refractivity contribution is 14.1. The maximum absolute atomic E-state index is 12.6. The molecule has 5 rings (SSSR count). The van der Waals surface area contributed by atoms with Crippen molar-refractivity contribution in [1.29, 1.82) is 5.26 Å². The fraction of sp³-hybridized carbons (Fsp3) is 0. The number of pyridine rings is 1. The van der Waals surface area contributed by atoms with Crippen LogP contribution in [0.5, 0.6) is 0 Å². The minimum atomic E-state index is -0.263. The smallest absolute Gasteiger partial charge is 0.256 e. The molecule has 10 heteroatoms. The van der Waals surface area contributed by atoms with E-state index < -0.39 is 0 Å². The number of nitrogens with zero attached hydrogens (tertiary/aromatic N) is 4. The number of carbonyl (C=O) groups excluding carboxylic acids is 1. The number of thiophene rings is 1. The molecule has 0 aliphatic heterocycles. The standard InChI is InChI=1S/C25H14ClIN6OS/c26-16-6-7-17(19(27)11-16)21-18(12-28)22(35-23(21)24-30-13-31-33-24)15-8-9-29-20(10-15)32-25(34)14-4-2-1-3-5-14/h1-11,13H,(H,29,32,34)(H,30,31,33). The predicted molar refractivity (Wildman–Crippen MR) is 145 cm³/mol. The van der Waals surface area contributed by atoms with Crippen molar-refractivity contribution in [3.63, 3.8) is 0 Å². The number of carbonyl (C=O) groups is 1. The summed E-state index contributed by atoms with van der Waals surface area (Å²) in [6.45, 7) is 0. The van der Waals surface area contributed by atoms with Gasteiger partial charge in [-0.1, -0.05) is 35.9 Å². The summed E-state index contributed by atoms with van der Waals surface area (Å²) in [6.07, 6.45) is 3.11. The number of H-pyrrole nitrogens is 1. The minimum Gasteiger partial charge on any atom is -0.327 e. The monoisotopic (exact) mass is 608 g/mol. The zero-order valence-electron chi connectivity index (χ0n) is 17.8. The fourth-order valence-corrected chi connectivity index (χ4v) is 5.94. The molecule has 0 saturated carbocycles. The Morgan fingerprint density at radius 3 is 2.66 bits per heavy atom. The Kier molecular flexibility index (Phi) is 6.59. The van der Waals surface area contributed by atoms with Crippen LogP contribution in [0, 0.1) is 14.9 Å². The van der Waals surface area contributed by atoms with Crippen LogP contribution < -0.4 is 5.32 Å². The van der Waals surface area contributed by atoms with Gasteiger partial charge in [0, 0.05) is 25.9 Å². The zero-order valence-corrected chi connectivity index (χ0v) is 21.5. The second-order valence-electron chi connectivity index (χ2n) is 7.33. The van der Waals surface area contributed by atoms with Gasteiger partial charge in [-0.25, -0.2) is 4.98 Å². The molecule has 3 heterocycles. The highest BCUT2D eigenvalue weighted by Crippen LogP contribution is 2.47. The molecule has 0 saturated heterocycles. The number of aromatic amines is 1. The lowest BCUT2D eigenvalue weighted by atomic mass is 9.98. The molecule has 170 valence electrons. The molecule has 3 aromatic heterocycles. The summed E-state index contributed by atoms with van der Waals surface area (Å²) < 4.78 is 0.905. The van der Waals surface area contributed by atoms with Crippen LogP contribution in [0.4, 0.5) is 5.82 Å². The van der Waals surface area contributed by atoms with Crippen LogP contribution in [0.1, 0.15) is 15.9 Å². The molecular weight excluding hydrogens is 595 g/mol. The maximum Gasteiger partial charge on any atom is 0.256 e. The number of amides is 1. The lowest BCUT2D eigenvalue weighted by molar-refractivity contribution is 0.102. The van der Waals surface area contributed by atoms with Gasteiger partial charge in [0.25, 0.3) is 5.91 Å². The van der Waals surface area contributed by atoms with Crippen molar-refractivity contribution in [3.05, 3.63) is 92.9 Å². The number of nitriles is 1. The Morgan fingerprint density at radius 1 is 1.11 bits per heavy atom. The van der Waals surface area contributed by atoms with E-state index in [-0.39, 0.29) is 5.91 Å². The quantitative estimate of drug-likeness (QED) is 0.218. The Hall–Kier alpha value is -3.59. The van der Waals surface area contributed by atoms with Gasteiger partial charge in [0.1, 0.15) is 18.2 Å². The molecule has 0 unspecified atom stereocenters.